The van der Waals surface area contributed by atoms with Crippen molar-refractivity contribution in [3.8, 4) is 0 Å². The van der Waals surface area contributed by atoms with Gasteiger partial charge in [-0.1, -0.05) is 22.0 Å². The summed E-state index contributed by atoms with van der Waals surface area (Å²) in [6.07, 6.45) is 0. The van der Waals surface area contributed by atoms with Gasteiger partial charge >= 0.3 is 5.97 Å². The van der Waals surface area contributed by atoms with Crippen LogP contribution in [-0.2, 0) is 23.9 Å². The van der Waals surface area contributed by atoms with Crippen molar-refractivity contribution in [2.24, 2.45) is 11.0 Å². The second-order valence-electron chi connectivity index (χ2n) is 6.08. The number of imide groups is 1. The predicted octanol–water partition coefficient (Wildman–Crippen LogP) is 1.48. The molecule has 2 aliphatic rings. The Kier molecular flexibility index (Phi) is 4.43. The number of ether oxygens (including phenoxy) is 1. The second kappa shape index (κ2) is 6.31. The van der Waals surface area contributed by atoms with E-state index >= 15 is 0 Å². The Morgan fingerprint density at radius 2 is 2.04 bits per heavy atom. The van der Waals surface area contributed by atoms with Gasteiger partial charge in [0.1, 0.15) is 5.92 Å². The third-order valence-electron chi connectivity index (χ3n) is 4.44. The van der Waals surface area contributed by atoms with Gasteiger partial charge in [0.25, 0.3) is 5.91 Å². The standard InChI is InChI=1S/C17H16BrN3O5/c1-4-26-15(24)13-12-14(23)20(11-7-5-6-10(18)8-11)16(25)17(12,3)21(19-13)9(2)22/h5-8,12H,4H2,1-3H3. The fraction of sp³-hybridized carbons (Fsp3) is 0.353. The Morgan fingerprint density at radius 3 is 2.62 bits per heavy atom. The van der Waals surface area contributed by atoms with Crippen LogP contribution in [0.2, 0.25) is 0 Å². The maximum absolute atomic E-state index is 13.1. The zero-order chi connectivity index (χ0) is 19.2. The molecule has 0 spiro atoms. The van der Waals surface area contributed by atoms with Crippen molar-refractivity contribution < 1.29 is 23.9 Å². The van der Waals surface area contributed by atoms with Crippen LogP contribution < -0.4 is 4.90 Å². The number of carbonyl (C=O) groups excluding carboxylic acids is 4. The van der Waals surface area contributed by atoms with E-state index in [4.69, 9.17) is 4.74 Å². The van der Waals surface area contributed by atoms with E-state index in [9.17, 15) is 19.2 Å². The number of hydrazone groups is 1. The Bertz CT molecular complexity index is 868. The molecule has 3 rings (SSSR count). The first-order valence-corrected chi connectivity index (χ1v) is 8.73. The lowest BCUT2D eigenvalue weighted by atomic mass is 9.85. The molecule has 0 N–H and O–H groups in total. The number of halogens is 1. The topological polar surface area (TPSA) is 96.3 Å². The molecule has 0 radical (unpaired) electrons. The van der Waals surface area contributed by atoms with Gasteiger partial charge in [0.2, 0.25) is 11.8 Å². The fourth-order valence-electron chi connectivity index (χ4n) is 3.31. The predicted molar refractivity (Wildman–Crippen MR) is 95.1 cm³/mol. The van der Waals surface area contributed by atoms with Crippen LogP contribution in [0, 0.1) is 5.92 Å². The van der Waals surface area contributed by atoms with Crippen LogP contribution in [0.25, 0.3) is 0 Å². The number of hydrogen-bond acceptors (Lipinski definition) is 6. The van der Waals surface area contributed by atoms with Crippen molar-refractivity contribution in [3.05, 3.63) is 28.7 Å². The van der Waals surface area contributed by atoms with Crippen molar-refractivity contribution in [2.45, 2.75) is 26.3 Å². The van der Waals surface area contributed by atoms with E-state index in [2.05, 4.69) is 21.0 Å². The van der Waals surface area contributed by atoms with Crippen molar-refractivity contribution in [1.29, 1.82) is 0 Å². The van der Waals surface area contributed by atoms with Crippen molar-refractivity contribution in [1.82, 2.24) is 5.01 Å². The van der Waals surface area contributed by atoms with Crippen molar-refractivity contribution >= 4 is 51.0 Å². The molecule has 8 nitrogen and oxygen atoms in total. The molecule has 0 saturated carbocycles. The first-order valence-electron chi connectivity index (χ1n) is 7.93. The fourth-order valence-corrected chi connectivity index (χ4v) is 3.69. The van der Waals surface area contributed by atoms with Gasteiger partial charge in [-0.25, -0.2) is 14.7 Å². The smallest absolute Gasteiger partial charge is 0.355 e. The van der Waals surface area contributed by atoms with E-state index in [0.717, 1.165) is 9.91 Å². The number of rotatable bonds is 3. The average Bonchev–Trinajstić information content (AvgIpc) is 2.99. The highest BCUT2D eigenvalue weighted by Gasteiger charge is 2.67. The Labute approximate surface area is 157 Å². The molecule has 26 heavy (non-hydrogen) atoms. The molecule has 1 fully saturated rings. The molecule has 0 aliphatic carbocycles. The van der Waals surface area contributed by atoms with E-state index in [0.29, 0.717) is 10.2 Å². The largest absolute Gasteiger partial charge is 0.461 e. The Balaban J connectivity index is 2.12. The van der Waals surface area contributed by atoms with Crippen LogP contribution in [0.4, 0.5) is 5.69 Å². The molecular formula is C17H16BrN3O5. The van der Waals surface area contributed by atoms with Crippen LogP contribution in [0.3, 0.4) is 0 Å². The van der Waals surface area contributed by atoms with Gasteiger partial charge in [0, 0.05) is 11.4 Å². The van der Waals surface area contributed by atoms with Crippen LogP contribution in [0.5, 0.6) is 0 Å². The molecule has 2 atom stereocenters. The molecule has 1 aromatic carbocycles. The molecule has 0 bridgehead atoms. The number of esters is 1. The lowest BCUT2D eigenvalue weighted by Gasteiger charge is -2.28. The summed E-state index contributed by atoms with van der Waals surface area (Å²) in [5, 5.41) is 4.86. The maximum atomic E-state index is 13.1. The van der Waals surface area contributed by atoms with E-state index in [1.165, 1.54) is 13.8 Å². The molecule has 1 saturated heterocycles. The number of benzene rings is 1. The van der Waals surface area contributed by atoms with Gasteiger partial charge in [-0.2, -0.15) is 5.10 Å². The minimum atomic E-state index is -1.60. The van der Waals surface area contributed by atoms with Crippen LogP contribution in [0.15, 0.2) is 33.8 Å². The zero-order valence-electron chi connectivity index (χ0n) is 14.4. The van der Waals surface area contributed by atoms with Gasteiger partial charge < -0.3 is 4.74 Å². The van der Waals surface area contributed by atoms with E-state index in [1.807, 2.05) is 0 Å². The zero-order valence-corrected chi connectivity index (χ0v) is 15.9. The molecule has 2 heterocycles. The number of hydrogen-bond donors (Lipinski definition) is 0. The molecule has 9 heteroatoms. The van der Waals surface area contributed by atoms with Crippen LogP contribution in [0.1, 0.15) is 20.8 Å². The summed E-state index contributed by atoms with van der Waals surface area (Å²) in [4.78, 5) is 51.5. The summed E-state index contributed by atoms with van der Waals surface area (Å²) in [6, 6.07) is 6.65. The first kappa shape index (κ1) is 18.2. The van der Waals surface area contributed by atoms with Crippen molar-refractivity contribution in [3.63, 3.8) is 0 Å². The van der Waals surface area contributed by atoms with Crippen molar-refractivity contribution in [2.75, 3.05) is 11.5 Å². The van der Waals surface area contributed by atoms with Gasteiger partial charge in [-0.3, -0.25) is 14.4 Å². The van der Waals surface area contributed by atoms with Crippen LogP contribution in [-0.4, -0.2) is 46.6 Å². The quantitative estimate of drug-likeness (QED) is 0.543. The SMILES string of the molecule is CCOC(=O)C1=NN(C(C)=O)C2(C)C(=O)N(c3cccc(Br)c3)C(=O)C12. The van der Waals surface area contributed by atoms with Gasteiger partial charge in [-0.15, -0.1) is 0 Å². The minimum Gasteiger partial charge on any atom is -0.461 e. The Morgan fingerprint density at radius 1 is 1.35 bits per heavy atom. The highest BCUT2D eigenvalue weighted by molar-refractivity contribution is 9.10. The highest BCUT2D eigenvalue weighted by atomic mass is 79.9. The summed E-state index contributed by atoms with van der Waals surface area (Å²) in [7, 11) is 0. The lowest BCUT2D eigenvalue weighted by molar-refractivity contribution is -0.142. The molecule has 3 amide bonds. The summed E-state index contributed by atoms with van der Waals surface area (Å²) in [5.41, 5.74) is -1.50. The van der Waals surface area contributed by atoms with Gasteiger partial charge in [0.15, 0.2) is 11.3 Å². The van der Waals surface area contributed by atoms with Crippen LogP contribution >= 0.6 is 15.9 Å². The minimum absolute atomic E-state index is 0.0822. The summed E-state index contributed by atoms with van der Waals surface area (Å²) >= 11 is 3.30. The van der Waals surface area contributed by atoms with E-state index in [1.54, 1.807) is 31.2 Å². The monoisotopic (exact) mass is 421 g/mol. The normalized spacial score (nSPS) is 24.6. The third kappa shape index (κ3) is 2.45. The number of nitrogens with zero attached hydrogens (tertiary/aromatic N) is 3. The number of amides is 3. The highest BCUT2D eigenvalue weighted by Crippen LogP contribution is 2.43. The molecule has 2 aliphatic heterocycles. The molecule has 1 aromatic rings. The number of anilines is 1. The van der Waals surface area contributed by atoms with E-state index in [-0.39, 0.29) is 12.3 Å². The number of carbonyl (C=O) groups is 4. The molecule has 136 valence electrons. The lowest BCUT2D eigenvalue weighted by Crippen LogP contribution is -2.52. The Hall–Kier alpha value is -2.55. The first-order chi connectivity index (χ1) is 12.2. The van der Waals surface area contributed by atoms with Gasteiger partial charge in [-0.05, 0) is 32.0 Å². The molecule has 0 aromatic heterocycles. The summed E-state index contributed by atoms with van der Waals surface area (Å²) < 4.78 is 5.63. The number of fused-ring (bicyclic) bond motifs is 1. The average molecular weight is 422 g/mol. The molecule has 2 unspecified atom stereocenters. The maximum Gasteiger partial charge on any atom is 0.355 e. The summed E-state index contributed by atoms with van der Waals surface area (Å²) in [5.74, 6) is -3.81. The van der Waals surface area contributed by atoms with E-state index < -0.39 is 35.1 Å². The third-order valence-corrected chi connectivity index (χ3v) is 4.93. The summed E-state index contributed by atoms with van der Waals surface area (Å²) in [6.45, 7) is 4.36. The van der Waals surface area contributed by atoms with Gasteiger partial charge in [0.05, 0.1) is 12.3 Å². The molecular weight excluding hydrogens is 406 g/mol. The second-order valence-corrected chi connectivity index (χ2v) is 6.99.